The molecule has 8 heteroatoms. The van der Waals surface area contributed by atoms with E-state index in [4.69, 9.17) is 4.74 Å². The molecule has 0 saturated carbocycles. The molecule has 1 aromatic carbocycles. The second-order valence-electron chi connectivity index (χ2n) is 9.70. The van der Waals surface area contributed by atoms with Crippen molar-refractivity contribution in [3.8, 4) is 0 Å². The largest absolute Gasteiger partial charge is 0.378 e. The average molecular weight is 475 g/mol. The van der Waals surface area contributed by atoms with Crippen molar-refractivity contribution in [1.29, 1.82) is 0 Å². The molecule has 0 atom stereocenters. The SMILES string of the molecule is C=C1C=C(c2cc(NC(=O)c3cn(C(C)(C)C)cn3)ccc2C)C=C(N2CCOCC2)N1/N=C\C. The summed E-state index contributed by atoms with van der Waals surface area (Å²) in [6.45, 7) is 17.4. The van der Waals surface area contributed by atoms with Crippen molar-refractivity contribution in [2.24, 2.45) is 5.10 Å². The van der Waals surface area contributed by atoms with Gasteiger partial charge in [0.15, 0.2) is 0 Å². The Hall–Kier alpha value is -3.65. The van der Waals surface area contributed by atoms with Crippen LogP contribution in [0.15, 0.2) is 66.1 Å². The number of carbonyl (C=O) groups is 1. The summed E-state index contributed by atoms with van der Waals surface area (Å²) in [6.07, 6.45) is 9.39. The maximum absolute atomic E-state index is 12.9. The van der Waals surface area contributed by atoms with Crippen molar-refractivity contribution in [2.75, 3.05) is 31.6 Å². The third-order valence-corrected chi connectivity index (χ3v) is 6.06. The molecule has 2 aliphatic heterocycles. The number of amides is 1. The number of rotatable bonds is 5. The van der Waals surface area contributed by atoms with Crippen LogP contribution in [0.25, 0.3) is 5.57 Å². The normalized spacial score (nSPS) is 17.0. The molecule has 4 rings (SSSR count). The molecule has 35 heavy (non-hydrogen) atoms. The fourth-order valence-electron chi connectivity index (χ4n) is 4.06. The van der Waals surface area contributed by atoms with E-state index in [-0.39, 0.29) is 11.4 Å². The van der Waals surface area contributed by atoms with Crippen LogP contribution in [0.3, 0.4) is 0 Å². The van der Waals surface area contributed by atoms with E-state index in [1.54, 1.807) is 18.7 Å². The van der Waals surface area contributed by atoms with Gasteiger partial charge in [0.05, 0.1) is 25.2 Å². The Balaban J connectivity index is 1.62. The molecule has 1 N–H and O–H groups in total. The maximum Gasteiger partial charge on any atom is 0.275 e. The van der Waals surface area contributed by atoms with Crippen molar-refractivity contribution < 1.29 is 9.53 Å². The zero-order chi connectivity index (χ0) is 25.2. The van der Waals surface area contributed by atoms with Gasteiger partial charge in [0.25, 0.3) is 5.91 Å². The van der Waals surface area contributed by atoms with Crippen LogP contribution in [0.5, 0.6) is 0 Å². The summed E-state index contributed by atoms with van der Waals surface area (Å²) in [4.78, 5) is 19.4. The molecule has 0 unspecified atom stereocenters. The first-order valence-corrected chi connectivity index (χ1v) is 11.9. The Labute approximate surface area is 207 Å². The van der Waals surface area contributed by atoms with Gasteiger partial charge in [-0.05, 0) is 75.6 Å². The lowest BCUT2D eigenvalue weighted by Crippen LogP contribution is -2.41. The highest BCUT2D eigenvalue weighted by Gasteiger charge is 2.25. The Morgan fingerprint density at radius 2 is 1.97 bits per heavy atom. The summed E-state index contributed by atoms with van der Waals surface area (Å²) in [5.74, 6) is 0.730. The first-order chi connectivity index (χ1) is 16.7. The van der Waals surface area contributed by atoms with Gasteiger partial charge in [0.1, 0.15) is 11.5 Å². The molecule has 2 aromatic rings. The standard InChI is InChI=1S/C27H34N6O2/c1-7-29-33-20(3)14-21(15-25(33)31-10-12-35-13-11-31)23-16-22(9-8-19(23)2)30-26(34)24-17-32(18-28-24)27(4,5)6/h7-9,14-18H,3,10-13H2,1-2,4-6H3,(H,30,34)/b29-7-. The smallest absolute Gasteiger partial charge is 0.275 e. The minimum absolute atomic E-state index is 0.140. The average Bonchev–Trinajstić information content (AvgIpc) is 3.33. The van der Waals surface area contributed by atoms with E-state index in [2.05, 4.69) is 60.7 Å². The van der Waals surface area contributed by atoms with Gasteiger partial charge in [-0.1, -0.05) is 12.6 Å². The number of hydrogen-bond acceptors (Lipinski definition) is 6. The van der Waals surface area contributed by atoms with Crippen LogP contribution in [0.2, 0.25) is 0 Å². The van der Waals surface area contributed by atoms with Gasteiger partial charge in [0, 0.05) is 36.7 Å². The number of aromatic nitrogens is 2. The summed E-state index contributed by atoms with van der Waals surface area (Å²) in [7, 11) is 0. The molecule has 1 saturated heterocycles. The highest BCUT2D eigenvalue weighted by molar-refractivity contribution is 6.03. The van der Waals surface area contributed by atoms with E-state index in [0.29, 0.717) is 24.6 Å². The lowest BCUT2D eigenvalue weighted by molar-refractivity contribution is 0.0414. The zero-order valence-corrected chi connectivity index (χ0v) is 21.2. The first kappa shape index (κ1) is 24.5. The number of nitrogens with zero attached hydrogens (tertiary/aromatic N) is 5. The number of aryl methyl sites for hydroxylation is 1. The maximum atomic E-state index is 12.9. The number of hydrogen-bond donors (Lipinski definition) is 1. The molecule has 184 valence electrons. The fourth-order valence-corrected chi connectivity index (χ4v) is 4.06. The highest BCUT2D eigenvalue weighted by Crippen LogP contribution is 2.33. The van der Waals surface area contributed by atoms with Crippen molar-refractivity contribution >= 4 is 23.4 Å². The molecule has 1 amide bonds. The molecule has 0 bridgehead atoms. The predicted octanol–water partition coefficient (Wildman–Crippen LogP) is 4.59. The molecule has 0 spiro atoms. The van der Waals surface area contributed by atoms with Crippen LogP contribution in [-0.4, -0.2) is 57.9 Å². The summed E-state index contributed by atoms with van der Waals surface area (Å²) in [6, 6.07) is 5.93. The fraction of sp³-hybridized carbons (Fsp3) is 0.370. The molecular formula is C27H34N6O2. The monoisotopic (exact) mass is 474 g/mol. The zero-order valence-electron chi connectivity index (χ0n) is 21.2. The van der Waals surface area contributed by atoms with Crippen LogP contribution in [0, 0.1) is 6.92 Å². The Bertz CT molecular complexity index is 1210. The van der Waals surface area contributed by atoms with Crippen molar-refractivity contribution in [2.45, 2.75) is 40.2 Å². The third-order valence-electron chi connectivity index (χ3n) is 6.06. The van der Waals surface area contributed by atoms with Crippen LogP contribution < -0.4 is 5.32 Å². The lowest BCUT2D eigenvalue weighted by Gasteiger charge is -2.37. The van der Waals surface area contributed by atoms with Gasteiger partial charge in [-0.25, -0.2) is 9.99 Å². The van der Waals surface area contributed by atoms with E-state index in [9.17, 15) is 4.79 Å². The van der Waals surface area contributed by atoms with E-state index in [1.165, 1.54) is 0 Å². The molecular weight excluding hydrogens is 440 g/mol. The van der Waals surface area contributed by atoms with Gasteiger partial charge in [-0.15, -0.1) is 0 Å². The number of ether oxygens (including phenoxy) is 1. The second kappa shape index (κ2) is 9.92. The van der Waals surface area contributed by atoms with E-state index >= 15 is 0 Å². The quantitative estimate of drug-likeness (QED) is 0.642. The van der Waals surface area contributed by atoms with E-state index in [1.807, 2.05) is 40.8 Å². The molecule has 1 fully saturated rings. The third kappa shape index (κ3) is 5.38. The number of allylic oxidation sites excluding steroid dienone is 3. The van der Waals surface area contributed by atoms with E-state index < -0.39 is 0 Å². The van der Waals surface area contributed by atoms with Crippen molar-refractivity contribution in [1.82, 2.24) is 19.5 Å². The number of nitrogens with one attached hydrogen (secondary N) is 1. The Morgan fingerprint density at radius 1 is 1.23 bits per heavy atom. The van der Waals surface area contributed by atoms with Gasteiger partial charge in [0.2, 0.25) is 0 Å². The second-order valence-corrected chi connectivity index (χ2v) is 9.70. The van der Waals surface area contributed by atoms with Crippen molar-refractivity contribution in [3.63, 3.8) is 0 Å². The number of morpholine rings is 1. The van der Waals surface area contributed by atoms with Crippen molar-refractivity contribution in [3.05, 3.63) is 77.8 Å². The number of imidazole rings is 1. The van der Waals surface area contributed by atoms with E-state index in [0.717, 1.165) is 41.3 Å². The minimum atomic E-state index is -0.238. The Kier molecular flexibility index (Phi) is 6.93. The van der Waals surface area contributed by atoms with Crippen LogP contribution in [0.1, 0.15) is 49.3 Å². The van der Waals surface area contributed by atoms with Gasteiger partial charge in [-0.2, -0.15) is 5.10 Å². The molecule has 0 radical (unpaired) electrons. The van der Waals surface area contributed by atoms with Gasteiger partial charge >= 0.3 is 0 Å². The molecule has 8 nitrogen and oxygen atoms in total. The first-order valence-electron chi connectivity index (χ1n) is 11.9. The van der Waals surface area contributed by atoms with Crippen LogP contribution >= 0.6 is 0 Å². The van der Waals surface area contributed by atoms with Crippen LogP contribution in [-0.2, 0) is 10.3 Å². The summed E-state index contributed by atoms with van der Waals surface area (Å²) in [5.41, 5.74) is 4.88. The molecule has 3 heterocycles. The van der Waals surface area contributed by atoms with Crippen LogP contribution in [0.4, 0.5) is 5.69 Å². The number of anilines is 1. The topological polar surface area (TPSA) is 75.0 Å². The molecule has 0 aliphatic carbocycles. The van der Waals surface area contributed by atoms with Gasteiger partial charge in [-0.3, -0.25) is 4.79 Å². The number of benzene rings is 1. The predicted molar refractivity (Wildman–Crippen MR) is 140 cm³/mol. The summed E-state index contributed by atoms with van der Waals surface area (Å²) in [5, 5.41) is 9.39. The number of hydrazone groups is 1. The van der Waals surface area contributed by atoms with Gasteiger partial charge < -0.3 is 19.5 Å². The molecule has 1 aromatic heterocycles. The molecule has 2 aliphatic rings. The summed E-state index contributed by atoms with van der Waals surface area (Å²) < 4.78 is 7.48. The highest BCUT2D eigenvalue weighted by atomic mass is 16.5. The summed E-state index contributed by atoms with van der Waals surface area (Å²) >= 11 is 0. The number of carbonyl (C=O) groups excluding carboxylic acids is 1. The Morgan fingerprint density at radius 3 is 2.63 bits per heavy atom. The lowest BCUT2D eigenvalue weighted by atomic mass is 9.96. The minimum Gasteiger partial charge on any atom is -0.378 e.